The number of carbonyl (C=O) groups is 1. The van der Waals surface area contributed by atoms with Crippen LogP contribution in [0.15, 0.2) is 11.6 Å². The third kappa shape index (κ3) is 1.84. The predicted octanol–water partition coefficient (Wildman–Crippen LogP) is 3.10. The van der Waals surface area contributed by atoms with Gasteiger partial charge in [0.15, 0.2) is 5.78 Å². The number of hydrogen-bond donors (Lipinski definition) is 0. The number of hydrogen-bond acceptors (Lipinski definition) is 1. The molecule has 0 spiro atoms. The van der Waals surface area contributed by atoms with Crippen LogP contribution in [0.1, 0.15) is 46.0 Å². The van der Waals surface area contributed by atoms with E-state index in [4.69, 9.17) is 0 Å². The van der Waals surface area contributed by atoms with Gasteiger partial charge in [-0.05, 0) is 43.1 Å². The van der Waals surface area contributed by atoms with Gasteiger partial charge in [0.1, 0.15) is 0 Å². The Hall–Kier alpha value is -0.590. The summed E-state index contributed by atoms with van der Waals surface area (Å²) in [6.07, 6.45) is 7.50. The van der Waals surface area contributed by atoms with Gasteiger partial charge in [-0.15, -0.1) is 0 Å². The Morgan fingerprint density at radius 1 is 1.38 bits per heavy atom. The van der Waals surface area contributed by atoms with Gasteiger partial charge in [-0.25, -0.2) is 0 Å². The first kappa shape index (κ1) is 8.98. The molecule has 1 saturated carbocycles. The summed E-state index contributed by atoms with van der Waals surface area (Å²) >= 11 is 0. The molecule has 0 radical (unpaired) electrons. The van der Waals surface area contributed by atoms with E-state index in [1.165, 1.54) is 18.4 Å². The molecule has 0 aromatic heterocycles. The summed E-state index contributed by atoms with van der Waals surface area (Å²) < 4.78 is 0. The van der Waals surface area contributed by atoms with Gasteiger partial charge in [-0.2, -0.15) is 0 Å². The second-order valence-electron chi connectivity index (χ2n) is 5.29. The van der Waals surface area contributed by atoms with Crippen molar-refractivity contribution in [1.29, 1.82) is 0 Å². The zero-order chi connectivity index (χ0) is 9.47. The van der Waals surface area contributed by atoms with Crippen molar-refractivity contribution < 1.29 is 4.79 Å². The third-order valence-electron chi connectivity index (χ3n) is 3.50. The van der Waals surface area contributed by atoms with Crippen molar-refractivity contribution in [2.24, 2.45) is 11.3 Å². The molecule has 0 bridgehead atoms. The van der Waals surface area contributed by atoms with Crippen LogP contribution in [-0.2, 0) is 4.79 Å². The summed E-state index contributed by atoms with van der Waals surface area (Å²) in [5.41, 5.74) is 1.94. The molecule has 72 valence electrons. The quantitative estimate of drug-likeness (QED) is 0.557. The maximum atomic E-state index is 11.2. The smallest absolute Gasteiger partial charge is 0.155 e. The summed E-state index contributed by atoms with van der Waals surface area (Å²) in [5, 5.41) is 0. The molecule has 0 saturated heterocycles. The number of carbonyl (C=O) groups excluding carboxylic acids is 1. The van der Waals surface area contributed by atoms with E-state index in [-0.39, 0.29) is 0 Å². The summed E-state index contributed by atoms with van der Waals surface area (Å²) in [6.45, 7) is 4.69. The Bertz CT molecular complexity index is 260. The van der Waals surface area contributed by atoms with Gasteiger partial charge < -0.3 is 0 Å². The minimum atomic E-state index is 0.353. The van der Waals surface area contributed by atoms with Gasteiger partial charge in [0.05, 0.1) is 0 Å². The Morgan fingerprint density at radius 2 is 2.15 bits per heavy atom. The first-order valence-electron chi connectivity index (χ1n) is 5.30. The molecule has 0 unspecified atom stereocenters. The molecule has 13 heavy (non-hydrogen) atoms. The van der Waals surface area contributed by atoms with Crippen molar-refractivity contribution in [3.05, 3.63) is 11.6 Å². The highest BCUT2D eigenvalue weighted by Gasteiger charge is 2.33. The van der Waals surface area contributed by atoms with E-state index in [1.807, 2.05) is 6.08 Å². The summed E-state index contributed by atoms with van der Waals surface area (Å²) in [7, 11) is 0. The predicted molar refractivity (Wildman–Crippen MR) is 53.4 cm³/mol. The van der Waals surface area contributed by atoms with Crippen molar-refractivity contribution in [3.63, 3.8) is 0 Å². The van der Waals surface area contributed by atoms with Crippen LogP contribution >= 0.6 is 0 Å². The van der Waals surface area contributed by atoms with E-state index in [0.29, 0.717) is 11.2 Å². The lowest BCUT2D eigenvalue weighted by Crippen LogP contribution is -2.27. The van der Waals surface area contributed by atoms with Crippen LogP contribution in [0.25, 0.3) is 0 Å². The third-order valence-corrected chi connectivity index (χ3v) is 3.50. The molecular formula is C12H18O. The molecule has 0 N–H and O–H groups in total. The maximum absolute atomic E-state index is 11.2. The lowest BCUT2D eigenvalue weighted by atomic mass is 9.67. The van der Waals surface area contributed by atoms with Crippen molar-refractivity contribution in [2.75, 3.05) is 0 Å². The molecule has 0 amide bonds. The van der Waals surface area contributed by atoms with Crippen LogP contribution in [0, 0.1) is 11.3 Å². The summed E-state index contributed by atoms with van der Waals surface area (Å²) in [6, 6.07) is 0. The Labute approximate surface area is 80.2 Å². The van der Waals surface area contributed by atoms with E-state index >= 15 is 0 Å². The van der Waals surface area contributed by atoms with E-state index in [9.17, 15) is 4.79 Å². The average Bonchev–Trinajstić information content (AvgIpc) is 2.05. The lowest BCUT2D eigenvalue weighted by Gasteiger charge is -2.38. The molecule has 2 aliphatic carbocycles. The fourth-order valence-corrected chi connectivity index (χ4v) is 2.66. The van der Waals surface area contributed by atoms with Crippen LogP contribution in [0.3, 0.4) is 0 Å². The average molecular weight is 178 g/mol. The van der Waals surface area contributed by atoms with E-state index in [2.05, 4.69) is 13.8 Å². The van der Waals surface area contributed by atoms with E-state index in [1.54, 1.807) is 0 Å². The van der Waals surface area contributed by atoms with E-state index in [0.717, 1.165) is 25.2 Å². The number of fused-ring (bicyclic) bond motifs is 1. The minimum absolute atomic E-state index is 0.353. The van der Waals surface area contributed by atoms with Gasteiger partial charge in [-0.3, -0.25) is 4.79 Å². The number of ketones is 1. The summed E-state index contributed by atoms with van der Waals surface area (Å²) in [5.74, 6) is 1.08. The van der Waals surface area contributed by atoms with Crippen LogP contribution in [-0.4, -0.2) is 5.78 Å². The molecule has 0 aromatic rings. The van der Waals surface area contributed by atoms with Crippen molar-refractivity contribution >= 4 is 5.78 Å². The Kier molecular flexibility index (Phi) is 2.05. The maximum Gasteiger partial charge on any atom is 0.155 e. The van der Waals surface area contributed by atoms with Gasteiger partial charge in [0.25, 0.3) is 0 Å². The van der Waals surface area contributed by atoms with Crippen LogP contribution in [0.5, 0.6) is 0 Å². The van der Waals surface area contributed by atoms with Gasteiger partial charge in [0.2, 0.25) is 0 Å². The highest BCUT2D eigenvalue weighted by Crippen LogP contribution is 2.44. The van der Waals surface area contributed by atoms with Crippen molar-refractivity contribution in [1.82, 2.24) is 0 Å². The van der Waals surface area contributed by atoms with Crippen molar-refractivity contribution in [2.45, 2.75) is 46.0 Å². The van der Waals surface area contributed by atoms with Gasteiger partial charge in [-0.1, -0.05) is 19.4 Å². The monoisotopic (exact) mass is 178 g/mol. The minimum Gasteiger partial charge on any atom is -0.295 e. The topological polar surface area (TPSA) is 17.1 Å². The normalized spacial score (nSPS) is 32.3. The first-order chi connectivity index (χ1) is 6.07. The molecule has 1 atom stereocenters. The fraction of sp³-hybridized carbons (Fsp3) is 0.750. The largest absolute Gasteiger partial charge is 0.295 e. The molecule has 0 heterocycles. The molecule has 1 fully saturated rings. The van der Waals surface area contributed by atoms with Gasteiger partial charge in [0, 0.05) is 6.42 Å². The standard InChI is InChI=1S/C12H18O/c1-12(2)6-5-9-7-11(13)4-3-10(9)8-12/h7,10H,3-6,8H2,1-2H3/t10-/m1/s1. The van der Waals surface area contributed by atoms with Gasteiger partial charge >= 0.3 is 0 Å². The molecule has 2 rings (SSSR count). The highest BCUT2D eigenvalue weighted by molar-refractivity contribution is 5.91. The number of allylic oxidation sites excluding steroid dienone is 2. The highest BCUT2D eigenvalue weighted by atomic mass is 16.1. The Morgan fingerprint density at radius 3 is 2.92 bits per heavy atom. The molecule has 0 aliphatic heterocycles. The molecule has 0 aromatic carbocycles. The van der Waals surface area contributed by atoms with Crippen LogP contribution in [0.4, 0.5) is 0 Å². The molecule has 1 nitrogen and oxygen atoms in total. The molecular weight excluding hydrogens is 160 g/mol. The van der Waals surface area contributed by atoms with Crippen molar-refractivity contribution in [3.8, 4) is 0 Å². The second-order valence-corrected chi connectivity index (χ2v) is 5.29. The SMILES string of the molecule is CC1(C)CCC2=CC(=O)CC[C@@H]2C1. The Balaban J connectivity index is 2.16. The summed E-state index contributed by atoms with van der Waals surface area (Å²) in [4.78, 5) is 11.2. The van der Waals surface area contributed by atoms with Crippen LogP contribution in [0.2, 0.25) is 0 Å². The lowest BCUT2D eigenvalue weighted by molar-refractivity contribution is -0.115. The zero-order valence-corrected chi connectivity index (χ0v) is 8.60. The fourth-order valence-electron chi connectivity index (χ4n) is 2.66. The number of rotatable bonds is 0. The molecule has 2 aliphatic rings. The van der Waals surface area contributed by atoms with E-state index < -0.39 is 0 Å². The first-order valence-corrected chi connectivity index (χ1v) is 5.30. The van der Waals surface area contributed by atoms with Crippen LogP contribution < -0.4 is 0 Å². The zero-order valence-electron chi connectivity index (χ0n) is 8.60. The second kappa shape index (κ2) is 2.97. The molecule has 1 heteroatoms.